The van der Waals surface area contributed by atoms with Gasteiger partial charge in [-0.05, 0) is 48.2 Å². The predicted molar refractivity (Wildman–Crippen MR) is 131 cm³/mol. The highest BCUT2D eigenvalue weighted by atomic mass is 79.9. The van der Waals surface area contributed by atoms with Gasteiger partial charge in [-0.15, -0.1) is 11.8 Å². The van der Waals surface area contributed by atoms with Crippen LogP contribution in [0.1, 0.15) is 31.9 Å². The summed E-state index contributed by atoms with van der Waals surface area (Å²) in [6, 6.07) is 15.1. The van der Waals surface area contributed by atoms with Crippen LogP contribution in [0.3, 0.4) is 0 Å². The number of nitrogens with one attached hydrogen (secondary N) is 1. The summed E-state index contributed by atoms with van der Waals surface area (Å²) in [5.41, 5.74) is 2.11. The van der Waals surface area contributed by atoms with Crippen LogP contribution in [0, 0.1) is 5.92 Å². The maximum absolute atomic E-state index is 13.1. The molecule has 0 aliphatic carbocycles. The Morgan fingerprint density at radius 3 is 2.23 bits per heavy atom. The molecule has 0 radical (unpaired) electrons. The molecule has 2 aromatic rings. The van der Waals surface area contributed by atoms with Gasteiger partial charge in [0.2, 0.25) is 11.8 Å². The number of halogens is 1. The van der Waals surface area contributed by atoms with Crippen LogP contribution >= 0.6 is 27.7 Å². The highest BCUT2D eigenvalue weighted by Gasteiger charge is 2.26. The van der Waals surface area contributed by atoms with Crippen LogP contribution in [0.2, 0.25) is 0 Å². The summed E-state index contributed by atoms with van der Waals surface area (Å²) in [4.78, 5) is 27.4. The first-order valence-electron chi connectivity index (χ1n) is 10.3. The third-order valence-electron chi connectivity index (χ3n) is 4.77. The zero-order valence-electron chi connectivity index (χ0n) is 18.6. The molecule has 0 unspecified atom stereocenters. The van der Waals surface area contributed by atoms with E-state index in [1.54, 1.807) is 30.7 Å². The number of thioether (sulfide) groups is 1. The molecule has 2 aromatic carbocycles. The van der Waals surface area contributed by atoms with Crippen molar-refractivity contribution in [2.75, 3.05) is 19.4 Å². The molecule has 2 amide bonds. The molecule has 0 aromatic heterocycles. The van der Waals surface area contributed by atoms with Gasteiger partial charge in [0.05, 0.1) is 12.9 Å². The van der Waals surface area contributed by atoms with E-state index < -0.39 is 6.04 Å². The number of rotatable bonds is 11. The standard InChI is InChI=1S/C24H31BrN2O3S/c1-17(2)13-26-24(29)18(3)27(14-19-5-9-21(25)10-6-19)23(28)16-31-15-20-7-11-22(30-4)12-8-20/h5-12,17-18H,13-16H2,1-4H3,(H,26,29)/t18-/m0/s1. The van der Waals surface area contributed by atoms with Crippen molar-refractivity contribution in [3.05, 3.63) is 64.1 Å². The van der Waals surface area contributed by atoms with E-state index in [0.29, 0.717) is 24.8 Å². The van der Waals surface area contributed by atoms with Crippen molar-refractivity contribution in [1.82, 2.24) is 10.2 Å². The largest absolute Gasteiger partial charge is 0.497 e. The summed E-state index contributed by atoms with van der Waals surface area (Å²) in [6.07, 6.45) is 0. The summed E-state index contributed by atoms with van der Waals surface area (Å²) in [7, 11) is 1.64. The van der Waals surface area contributed by atoms with Crippen molar-refractivity contribution < 1.29 is 14.3 Å². The lowest BCUT2D eigenvalue weighted by molar-refractivity contribution is -0.138. The molecule has 1 N–H and O–H groups in total. The van der Waals surface area contributed by atoms with Crippen molar-refractivity contribution in [3.8, 4) is 5.75 Å². The average molecular weight is 507 g/mol. The van der Waals surface area contributed by atoms with E-state index in [1.807, 2.05) is 62.4 Å². The van der Waals surface area contributed by atoms with E-state index in [0.717, 1.165) is 27.1 Å². The minimum absolute atomic E-state index is 0.0476. The minimum atomic E-state index is -0.545. The lowest BCUT2D eigenvalue weighted by atomic mass is 10.1. The smallest absolute Gasteiger partial charge is 0.242 e. The third-order valence-corrected chi connectivity index (χ3v) is 6.29. The van der Waals surface area contributed by atoms with E-state index in [1.165, 1.54) is 0 Å². The molecule has 0 bridgehead atoms. The number of nitrogens with zero attached hydrogens (tertiary/aromatic N) is 1. The Hall–Kier alpha value is -1.99. The Bertz CT molecular complexity index is 841. The predicted octanol–water partition coefficient (Wildman–Crippen LogP) is 4.88. The fourth-order valence-electron chi connectivity index (χ4n) is 2.88. The summed E-state index contributed by atoms with van der Waals surface area (Å²) in [5.74, 6) is 2.02. The Balaban J connectivity index is 2.03. The first-order valence-corrected chi connectivity index (χ1v) is 12.3. The van der Waals surface area contributed by atoms with Gasteiger partial charge in [-0.25, -0.2) is 0 Å². The van der Waals surface area contributed by atoms with Crippen molar-refractivity contribution >= 4 is 39.5 Å². The monoisotopic (exact) mass is 506 g/mol. The number of carbonyl (C=O) groups is 2. The van der Waals surface area contributed by atoms with Crippen LogP contribution in [-0.2, 0) is 21.9 Å². The Kier molecular flexibility index (Phi) is 10.4. The van der Waals surface area contributed by atoms with Crippen LogP contribution in [0.25, 0.3) is 0 Å². The van der Waals surface area contributed by atoms with Gasteiger partial charge in [0.25, 0.3) is 0 Å². The van der Waals surface area contributed by atoms with Gasteiger partial charge in [0, 0.05) is 23.3 Å². The van der Waals surface area contributed by atoms with Crippen LogP contribution < -0.4 is 10.1 Å². The minimum Gasteiger partial charge on any atom is -0.497 e. The normalized spacial score (nSPS) is 11.8. The van der Waals surface area contributed by atoms with Crippen LogP contribution in [-0.4, -0.2) is 42.2 Å². The van der Waals surface area contributed by atoms with Crippen molar-refractivity contribution in [3.63, 3.8) is 0 Å². The number of hydrogen-bond donors (Lipinski definition) is 1. The molecule has 0 aliphatic rings. The topological polar surface area (TPSA) is 58.6 Å². The van der Waals surface area contributed by atoms with Crippen LogP contribution in [0.4, 0.5) is 0 Å². The number of hydrogen-bond acceptors (Lipinski definition) is 4. The highest BCUT2D eigenvalue weighted by Crippen LogP contribution is 2.19. The molecule has 0 aliphatic heterocycles. The van der Waals surface area contributed by atoms with E-state index in [2.05, 4.69) is 21.2 Å². The summed E-state index contributed by atoms with van der Waals surface area (Å²) in [6.45, 7) is 6.87. The molecule has 0 fully saturated rings. The number of methoxy groups -OCH3 is 1. The van der Waals surface area contributed by atoms with E-state index in [4.69, 9.17) is 4.74 Å². The first kappa shape index (κ1) is 25.3. The molecule has 0 saturated carbocycles. The Morgan fingerprint density at radius 1 is 1.03 bits per heavy atom. The van der Waals surface area contributed by atoms with Crippen LogP contribution in [0.5, 0.6) is 5.75 Å². The van der Waals surface area contributed by atoms with Gasteiger partial charge >= 0.3 is 0 Å². The molecular weight excluding hydrogens is 476 g/mol. The van der Waals surface area contributed by atoms with Gasteiger partial charge in [-0.1, -0.05) is 54.0 Å². The Labute approximate surface area is 198 Å². The second kappa shape index (κ2) is 12.8. The van der Waals surface area contributed by atoms with E-state index >= 15 is 0 Å². The second-order valence-corrected chi connectivity index (χ2v) is 9.71. The zero-order chi connectivity index (χ0) is 22.8. The lowest BCUT2D eigenvalue weighted by Crippen LogP contribution is -2.48. The number of benzene rings is 2. The molecule has 5 nitrogen and oxygen atoms in total. The number of amides is 2. The number of ether oxygens (including phenoxy) is 1. The second-order valence-electron chi connectivity index (χ2n) is 7.80. The molecule has 0 saturated heterocycles. The van der Waals surface area contributed by atoms with Gasteiger partial charge in [0.15, 0.2) is 0 Å². The zero-order valence-corrected chi connectivity index (χ0v) is 21.0. The highest BCUT2D eigenvalue weighted by molar-refractivity contribution is 9.10. The van der Waals surface area contributed by atoms with E-state index in [-0.39, 0.29) is 11.8 Å². The molecule has 2 rings (SSSR count). The fraction of sp³-hybridized carbons (Fsp3) is 0.417. The molecule has 0 spiro atoms. The van der Waals surface area contributed by atoms with Crippen molar-refractivity contribution in [2.45, 2.75) is 39.1 Å². The van der Waals surface area contributed by atoms with Gasteiger partial charge in [-0.2, -0.15) is 0 Å². The van der Waals surface area contributed by atoms with Gasteiger partial charge in [0.1, 0.15) is 11.8 Å². The molecular formula is C24H31BrN2O3S. The SMILES string of the molecule is COc1ccc(CSCC(=O)N(Cc2ccc(Br)cc2)[C@@H](C)C(=O)NCC(C)C)cc1. The first-order chi connectivity index (χ1) is 14.8. The molecule has 1 atom stereocenters. The van der Waals surface area contributed by atoms with Gasteiger partial charge < -0.3 is 15.0 Å². The average Bonchev–Trinajstić information content (AvgIpc) is 2.76. The number of carbonyl (C=O) groups excluding carboxylic acids is 2. The maximum atomic E-state index is 13.1. The summed E-state index contributed by atoms with van der Waals surface area (Å²) >= 11 is 4.98. The fourth-order valence-corrected chi connectivity index (χ4v) is 4.02. The van der Waals surface area contributed by atoms with Crippen molar-refractivity contribution in [1.29, 1.82) is 0 Å². The third kappa shape index (κ3) is 8.57. The lowest BCUT2D eigenvalue weighted by Gasteiger charge is -2.29. The maximum Gasteiger partial charge on any atom is 0.242 e. The van der Waals surface area contributed by atoms with Crippen LogP contribution in [0.15, 0.2) is 53.0 Å². The van der Waals surface area contributed by atoms with Gasteiger partial charge in [-0.3, -0.25) is 9.59 Å². The summed E-state index contributed by atoms with van der Waals surface area (Å²) < 4.78 is 6.16. The molecule has 7 heteroatoms. The Morgan fingerprint density at radius 2 is 1.65 bits per heavy atom. The molecule has 31 heavy (non-hydrogen) atoms. The van der Waals surface area contributed by atoms with E-state index in [9.17, 15) is 9.59 Å². The molecule has 0 heterocycles. The summed E-state index contributed by atoms with van der Waals surface area (Å²) in [5, 5.41) is 2.95. The molecule has 168 valence electrons. The quantitative estimate of drug-likeness (QED) is 0.471. The van der Waals surface area contributed by atoms with Crippen molar-refractivity contribution in [2.24, 2.45) is 5.92 Å².